The zero-order valence-electron chi connectivity index (χ0n) is 25.0. The number of hydrogen-bond acceptors (Lipinski definition) is 2. The number of fused-ring (bicyclic) bond motifs is 7. The molecule has 3 heteroatoms. The topological polar surface area (TPSA) is 17.8 Å². The van der Waals surface area contributed by atoms with E-state index in [9.17, 15) is 0 Å². The van der Waals surface area contributed by atoms with Crippen molar-refractivity contribution >= 4 is 22.7 Å². The highest BCUT2D eigenvalue weighted by Crippen LogP contribution is 2.52. The SMILES string of the molecule is c1ccc(-c2cc(-c3ccc(-n4c5c(c6ccccc64)-c4ccccc4Sc4ccccc4-5)cc3)cc(-c3ccccc3)n2)cc1. The van der Waals surface area contributed by atoms with E-state index in [0.29, 0.717) is 0 Å². The van der Waals surface area contributed by atoms with Crippen molar-refractivity contribution in [2.45, 2.75) is 9.79 Å². The van der Waals surface area contributed by atoms with Crippen LogP contribution >= 0.6 is 11.8 Å². The summed E-state index contributed by atoms with van der Waals surface area (Å²) in [6.45, 7) is 0. The average Bonchev–Trinajstić information content (AvgIpc) is 3.40. The number of para-hydroxylation sites is 1. The summed E-state index contributed by atoms with van der Waals surface area (Å²) in [4.78, 5) is 7.64. The van der Waals surface area contributed by atoms with Gasteiger partial charge in [0, 0.05) is 43.1 Å². The van der Waals surface area contributed by atoms with Gasteiger partial charge in [0.15, 0.2) is 0 Å². The van der Waals surface area contributed by atoms with Crippen LogP contribution in [-0.4, -0.2) is 9.55 Å². The summed E-state index contributed by atoms with van der Waals surface area (Å²) in [6.07, 6.45) is 0. The molecule has 0 aliphatic carbocycles. The molecule has 0 saturated heterocycles. The summed E-state index contributed by atoms with van der Waals surface area (Å²) >= 11 is 1.86. The molecule has 2 aromatic heterocycles. The first kappa shape index (κ1) is 26.7. The minimum Gasteiger partial charge on any atom is -0.309 e. The molecule has 0 spiro atoms. The Labute approximate surface area is 272 Å². The highest BCUT2D eigenvalue weighted by atomic mass is 32.2. The quantitative estimate of drug-likeness (QED) is 0.199. The predicted octanol–water partition coefficient (Wildman–Crippen LogP) is 11.8. The van der Waals surface area contributed by atoms with Gasteiger partial charge in [-0.2, -0.15) is 0 Å². The van der Waals surface area contributed by atoms with Gasteiger partial charge < -0.3 is 4.57 Å². The molecule has 0 unspecified atom stereocenters. The van der Waals surface area contributed by atoms with E-state index in [0.717, 1.165) is 39.3 Å². The standard InChI is InChI=1S/C43H28N2S/c1-3-13-30(14-4-1)37-27-32(28-38(44-37)31-15-5-2-6-16-31)29-23-25-33(26-24-29)45-39-20-10-7-17-34(39)42-35-18-8-11-21-40(35)46-41-22-12-9-19-36(41)43(42)45/h1-28H. The summed E-state index contributed by atoms with van der Waals surface area (Å²) in [7, 11) is 0. The molecule has 8 aromatic rings. The van der Waals surface area contributed by atoms with Crippen LogP contribution in [-0.2, 0) is 0 Å². The summed E-state index contributed by atoms with van der Waals surface area (Å²) in [6, 6.07) is 60.8. The maximum atomic E-state index is 5.08. The Morgan fingerprint density at radius 3 is 1.65 bits per heavy atom. The molecule has 0 fully saturated rings. The van der Waals surface area contributed by atoms with E-state index >= 15 is 0 Å². The van der Waals surface area contributed by atoms with E-state index in [1.807, 2.05) is 23.9 Å². The van der Waals surface area contributed by atoms with Crippen molar-refractivity contribution in [1.82, 2.24) is 9.55 Å². The Morgan fingerprint density at radius 1 is 0.435 bits per heavy atom. The number of hydrogen-bond donors (Lipinski definition) is 0. The fraction of sp³-hybridized carbons (Fsp3) is 0. The Bertz CT molecular complexity index is 2310. The molecule has 216 valence electrons. The second-order valence-corrected chi connectivity index (χ2v) is 12.7. The van der Waals surface area contributed by atoms with Crippen molar-refractivity contribution in [3.63, 3.8) is 0 Å². The zero-order valence-corrected chi connectivity index (χ0v) is 25.8. The van der Waals surface area contributed by atoms with Gasteiger partial charge in [0.25, 0.3) is 0 Å². The largest absolute Gasteiger partial charge is 0.309 e. The Morgan fingerprint density at radius 2 is 0.978 bits per heavy atom. The fourth-order valence-electron chi connectivity index (χ4n) is 6.68. The number of aromatic nitrogens is 2. The van der Waals surface area contributed by atoms with Crippen molar-refractivity contribution in [1.29, 1.82) is 0 Å². The predicted molar refractivity (Wildman–Crippen MR) is 192 cm³/mol. The van der Waals surface area contributed by atoms with Gasteiger partial charge in [-0.1, -0.05) is 139 Å². The summed E-state index contributed by atoms with van der Waals surface area (Å²) < 4.78 is 2.45. The molecule has 0 atom stereocenters. The minimum absolute atomic E-state index is 0.968. The maximum Gasteiger partial charge on any atom is 0.0715 e. The molecule has 0 amide bonds. The van der Waals surface area contributed by atoms with Crippen LogP contribution in [0.2, 0.25) is 0 Å². The lowest BCUT2D eigenvalue weighted by molar-refractivity contribution is 1.13. The van der Waals surface area contributed by atoms with Crippen LogP contribution in [0, 0.1) is 0 Å². The Kier molecular flexibility index (Phi) is 6.43. The third kappa shape index (κ3) is 4.48. The average molecular weight is 605 g/mol. The second-order valence-electron chi connectivity index (χ2n) is 11.6. The highest BCUT2D eigenvalue weighted by molar-refractivity contribution is 7.99. The summed E-state index contributed by atoms with van der Waals surface area (Å²) in [5.74, 6) is 0. The van der Waals surface area contributed by atoms with Gasteiger partial charge in [0.2, 0.25) is 0 Å². The molecular formula is C43H28N2S. The third-order valence-corrected chi connectivity index (χ3v) is 9.97. The molecule has 2 nitrogen and oxygen atoms in total. The van der Waals surface area contributed by atoms with E-state index in [1.54, 1.807) is 0 Å². The van der Waals surface area contributed by atoms with Gasteiger partial charge in [-0.3, -0.25) is 0 Å². The van der Waals surface area contributed by atoms with Crippen LogP contribution in [0.5, 0.6) is 0 Å². The van der Waals surface area contributed by atoms with Crippen LogP contribution in [0.15, 0.2) is 180 Å². The first-order valence-corrected chi connectivity index (χ1v) is 16.4. The number of rotatable bonds is 4. The van der Waals surface area contributed by atoms with Crippen molar-refractivity contribution in [2.75, 3.05) is 0 Å². The molecule has 3 heterocycles. The van der Waals surface area contributed by atoms with Gasteiger partial charge in [-0.15, -0.1) is 0 Å². The van der Waals surface area contributed by atoms with Gasteiger partial charge in [0.1, 0.15) is 0 Å². The molecule has 0 bridgehead atoms. The van der Waals surface area contributed by atoms with Crippen LogP contribution in [0.3, 0.4) is 0 Å². The monoisotopic (exact) mass is 604 g/mol. The maximum absolute atomic E-state index is 5.08. The van der Waals surface area contributed by atoms with E-state index in [2.05, 4.69) is 162 Å². The molecule has 0 saturated carbocycles. The smallest absolute Gasteiger partial charge is 0.0715 e. The van der Waals surface area contributed by atoms with Crippen LogP contribution in [0.4, 0.5) is 0 Å². The molecule has 0 N–H and O–H groups in total. The number of nitrogens with zero attached hydrogens (tertiary/aromatic N) is 2. The van der Waals surface area contributed by atoms with E-state index in [1.165, 1.54) is 43.1 Å². The van der Waals surface area contributed by atoms with E-state index in [4.69, 9.17) is 4.98 Å². The Hall–Kier alpha value is -5.64. The van der Waals surface area contributed by atoms with Gasteiger partial charge in [0.05, 0.1) is 22.6 Å². The third-order valence-electron chi connectivity index (χ3n) is 8.82. The van der Waals surface area contributed by atoms with Crippen LogP contribution in [0.1, 0.15) is 0 Å². The van der Waals surface area contributed by atoms with Crippen LogP contribution < -0.4 is 0 Å². The molecule has 1 aliphatic heterocycles. The summed E-state index contributed by atoms with van der Waals surface area (Å²) in [5.41, 5.74) is 13.9. The van der Waals surface area contributed by atoms with E-state index < -0.39 is 0 Å². The van der Waals surface area contributed by atoms with Crippen molar-refractivity contribution in [2.24, 2.45) is 0 Å². The van der Waals surface area contributed by atoms with Gasteiger partial charge in [-0.25, -0.2) is 4.98 Å². The second kappa shape index (κ2) is 11.1. The van der Waals surface area contributed by atoms with Crippen molar-refractivity contribution in [3.8, 4) is 61.7 Å². The fourth-order valence-corrected chi connectivity index (χ4v) is 7.77. The first-order chi connectivity index (χ1) is 22.8. The van der Waals surface area contributed by atoms with E-state index in [-0.39, 0.29) is 0 Å². The lowest BCUT2D eigenvalue weighted by Crippen LogP contribution is -1.98. The van der Waals surface area contributed by atoms with Gasteiger partial charge in [-0.05, 0) is 59.2 Å². The van der Waals surface area contributed by atoms with Crippen LogP contribution in [0.25, 0.3) is 72.6 Å². The first-order valence-electron chi connectivity index (χ1n) is 15.6. The summed E-state index contributed by atoms with van der Waals surface area (Å²) in [5, 5.41) is 1.26. The lowest BCUT2D eigenvalue weighted by Gasteiger charge is -2.15. The Balaban J connectivity index is 1.24. The molecule has 46 heavy (non-hydrogen) atoms. The molecular weight excluding hydrogens is 577 g/mol. The lowest BCUT2D eigenvalue weighted by atomic mass is 9.98. The van der Waals surface area contributed by atoms with Gasteiger partial charge >= 0.3 is 0 Å². The number of pyridine rings is 1. The highest BCUT2D eigenvalue weighted by Gasteiger charge is 2.27. The zero-order chi connectivity index (χ0) is 30.5. The normalized spacial score (nSPS) is 11.8. The van der Waals surface area contributed by atoms with Crippen molar-refractivity contribution in [3.05, 3.63) is 170 Å². The molecule has 0 radical (unpaired) electrons. The molecule has 9 rings (SSSR count). The number of benzene rings is 6. The minimum atomic E-state index is 0.968. The van der Waals surface area contributed by atoms with Crippen molar-refractivity contribution < 1.29 is 0 Å². The molecule has 1 aliphatic rings. The molecule has 6 aromatic carbocycles.